The minimum atomic E-state index is -1.32. The number of amides is 1. The van der Waals surface area contributed by atoms with Gasteiger partial charge in [0.25, 0.3) is 11.6 Å². The van der Waals surface area contributed by atoms with Gasteiger partial charge >= 0.3 is 11.9 Å². The first-order valence-electron chi connectivity index (χ1n) is 13.1. The minimum absolute atomic E-state index is 0.0105. The van der Waals surface area contributed by atoms with E-state index in [-0.39, 0.29) is 5.69 Å². The first kappa shape index (κ1) is 31.2. The first-order valence-corrected chi connectivity index (χ1v) is 13.1. The number of carboxylic acid groups (broad SMARTS) is 1. The number of nitro groups is 1. The van der Waals surface area contributed by atoms with E-state index in [1.807, 2.05) is 31.2 Å². The van der Waals surface area contributed by atoms with E-state index in [9.17, 15) is 24.5 Å². The van der Waals surface area contributed by atoms with Crippen molar-refractivity contribution in [2.45, 2.75) is 32.9 Å². The third kappa shape index (κ3) is 9.11. The zero-order valence-electron chi connectivity index (χ0n) is 23.3. The van der Waals surface area contributed by atoms with Gasteiger partial charge < -0.3 is 24.8 Å². The SMILES string of the molecule is CCN(CCOc1ccc(C(=O)NC(C)C(=O)OC(C)C(=O)O)cc1)c1ccc(N=Nc2ccc([N+](=O)[O-])cc2)cc1. The summed E-state index contributed by atoms with van der Waals surface area (Å²) in [5.41, 5.74) is 2.40. The molecule has 2 atom stereocenters. The van der Waals surface area contributed by atoms with Crippen LogP contribution in [0.3, 0.4) is 0 Å². The van der Waals surface area contributed by atoms with Crippen LogP contribution in [0.25, 0.3) is 0 Å². The van der Waals surface area contributed by atoms with Gasteiger partial charge in [-0.1, -0.05) is 0 Å². The van der Waals surface area contributed by atoms with Crippen LogP contribution in [0, 0.1) is 10.1 Å². The molecule has 2 N–H and O–H groups in total. The Hall–Kier alpha value is -5.33. The van der Waals surface area contributed by atoms with Crippen molar-refractivity contribution in [3.8, 4) is 5.75 Å². The minimum Gasteiger partial charge on any atom is -0.492 e. The number of carbonyl (C=O) groups excluding carboxylic acids is 2. The summed E-state index contributed by atoms with van der Waals surface area (Å²) in [5.74, 6) is -2.08. The van der Waals surface area contributed by atoms with Crippen molar-refractivity contribution in [1.29, 1.82) is 0 Å². The Labute approximate surface area is 241 Å². The number of benzene rings is 3. The van der Waals surface area contributed by atoms with Crippen molar-refractivity contribution in [3.63, 3.8) is 0 Å². The fraction of sp³-hybridized carbons (Fsp3) is 0.276. The molecule has 0 aliphatic carbocycles. The highest BCUT2D eigenvalue weighted by atomic mass is 16.6. The lowest BCUT2D eigenvalue weighted by Crippen LogP contribution is -2.41. The molecule has 0 bridgehead atoms. The number of carbonyl (C=O) groups is 3. The molecule has 13 nitrogen and oxygen atoms in total. The monoisotopic (exact) mass is 577 g/mol. The zero-order chi connectivity index (χ0) is 30.6. The molecular weight excluding hydrogens is 546 g/mol. The van der Waals surface area contributed by atoms with Crippen molar-refractivity contribution in [1.82, 2.24) is 5.32 Å². The molecule has 2 unspecified atom stereocenters. The number of nitrogens with zero attached hydrogens (tertiary/aromatic N) is 4. The van der Waals surface area contributed by atoms with E-state index in [0.717, 1.165) is 12.2 Å². The Balaban J connectivity index is 1.47. The second-order valence-electron chi connectivity index (χ2n) is 9.05. The summed E-state index contributed by atoms with van der Waals surface area (Å²) in [6, 6.07) is 18.7. The molecule has 1 amide bonds. The molecular formula is C29H31N5O8. The summed E-state index contributed by atoms with van der Waals surface area (Å²) in [4.78, 5) is 47.6. The Morgan fingerprint density at radius 1 is 0.952 bits per heavy atom. The van der Waals surface area contributed by atoms with Gasteiger partial charge in [0.05, 0.1) is 22.8 Å². The predicted molar refractivity (Wildman–Crippen MR) is 154 cm³/mol. The molecule has 13 heteroatoms. The van der Waals surface area contributed by atoms with Crippen LogP contribution >= 0.6 is 0 Å². The third-order valence-corrected chi connectivity index (χ3v) is 6.03. The summed E-state index contributed by atoms with van der Waals surface area (Å²) in [7, 11) is 0. The van der Waals surface area contributed by atoms with Crippen LogP contribution in [0.15, 0.2) is 83.0 Å². The van der Waals surface area contributed by atoms with Crippen molar-refractivity contribution in [2.24, 2.45) is 10.2 Å². The van der Waals surface area contributed by atoms with Crippen LogP contribution in [-0.2, 0) is 14.3 Å². The van der Waals surface area contributed by atoms with E-state index in [0.29, 0.717) is 35.8 Å². The normalized spacial score (nSPS) is 12.3. The van der Waals surface area contributed by atoms with Gasteiger partial charge in [0, 0.05) is 29.9 Å². The Bertz CT molecular complexity index is 1410. The lowest BCUT2D eigenvalue weighted by atomic mass is 10.2. The number of rotatable bonds is 14. The molecule has 220 valence electrons. The van der Waals surface area contributed by atoms with E-state index in [1.54, 1.807) is 24.3 Å². The molecule has 0 spiro atoms. The third-order valence-electron chi connectivity index (χ3n) is 6.03. The molecule has 3 rings (SSSR count). The highest BCUT2D eigenvalue weighted by molar-refractivity contribution is 5.97. The summed E-state index contributed by atoms with van der Waals surface area (Å²) >= 11 is 0. The van der Waals surface area contributed by atoms with Crippen LogP contribution in [0.1, 0.15) is 31.1 Å². The number of likely N-dealkylation sites (N-methyl/N-ethyl adjacent to an activating group) is 1. The maximum Gasteiger partial charge on any atom is 0.344 e. The number of anilines is 1. The smallest absolute Gasteiger partial charge is 0.344 e. The van der Waals surface area contributed by atoms with Gasteiger partial charge in [0.2, 0.25) is 0 Å². The second kappa shape index (κ2) is 14.9. The number of nitrogens with one attached hydrogen (secondary N) is 1. The average molecular weight is 578 g/mol. The second-order valence-corrected chi connectivity index (χ2v) is 9.05. The van der Waals surface area contributed by atoms with Gasteiger partial charge in [-0.3, -0.25) is 14.9 Å². The first-order chi connectivity index (χ1) is 20.1. The van der Waals surface area contributed by atoms with Crippen LogP contribution in [0.5, 0.6) is 5.75 Å². The number of hydrogen-bond acceptors (Lipinski definition) is 10. The number of carboxylic acids is 1. The highest BCUT2D eigenvalue weighted by Gasteiger charge is 2.23. The van der Waals surface area contributed by atoms with E-state index < -0.39 is 34.9 Å². The number of hydrogen-bond donors (Lipinski definition) is 2. The van der Waals surface area contributed by atoms with E-state index in [4.69, 9.17) is 14.6 Å². The molecule has 0 heterocycles. The molecule has 0 aromatic heterocycles. The van der Waals surface area contributed by atoms with Crippen LogP contribution in [0.2, 0.25) is 0 Å². The highest BCUT2D eigenvalue weighted by Crippen LogP contribution is 2.24. The molecule has 0 saturated heterocycles. The molecule has 0 radical (unpaired) electrons. The summed E-state index contributed by atoms with van der Waals surface area (Å²) in [6.45, 7) is 6.37. The number of azo groups is 1. The topological polar surface area (TPSA) is 173 Å². The fourth-order valence-corrected chi connectivity index (χ4v) is 3.60. The number of aliphatic carboxylic acids is 1. The average Bonchev–Trinajstić information content (AvgIpc) is 2.99. The maximum atomic E-state index is 12.4. The van der Waals surface area contributed by atoms with Crippen molar-refractivity contribution >= 4 is 40.6 Å². The van der Waals surface area contributed by atoms with Gasteiger partial charge in [0.15, 0.2) is 6.10 Å². The molecule has 3 aromatic rings. The summed E-state index contributed by atoms with van der Waals surface area (Å²) in [6.07, 6.45) is -1.32. The molecule has 0 aliphatic rings. The Morgan fingerprint density at radius 3 is 2.05 bits per heavy atom. The van der Waals surface area contributed by atoms with Crippen LogP contribution in [-0.4, -0.2) is 59.7 Å². The van der Waals surface area contributed by atoms with Gasteiger partial charge in [-0.15, -0.1) is 0 Å². The van der Waals surface area contributed by atoms with E-state index in [2.05, 4.69) is 20.4 Å². The summed E-state index contributed by atoms with van der Waals surface area (Å²) < 4.78 is 10.6. The molecule has 42 heavy (non-hydrogen) atoms. The number of non-ortho nitro benzene ring substituents is 1. The molecule has 0 aliphatic heterocycles. The Kier molecular flexibility index (Phi) is 11.1. The lowest BCUT2D eigenvalue weighted by molar-refractivity contribution is -0.384. The van der Waals surface area contributed by atoms with Crippen molar-refractivity contribution in [2.75, 3.05) is 24.6 Å². The standard InChI is InChI=1S/C29H31N5O8/c1-4-33(24-11-7-22(8-12-24)31-32-23-9-13-25(14-10-23)34(39)40)17-18-41-26-15-5-21(6-16-26)27(35)30-19(2)29(38)42-20(3)28(36)37/h5-16,19-20H,4,17-18H2,1-3H3,(H,30,35)(H,36,37). The quantitative estimate of drug-likeness (QED) is 0.115. The van der Waals surface area contributed by atoms with Crippen molar-refractivity contribution in [3.05, 3.63) is 88.5 Å². The lowest BCUT2D eigenvalue weighted by Gasteiger charge is -2.23. The summed E-state index contributed by atoms with van der Waals surface area (Å²) in [5, 5.41) is 30.4. The van der Waals surface area contributed by atoms with Gasteiger partial charge in [-0.25, -0.2) is 9.59 Å². The van der Waals surface area contributed by atoms with Gasteiger partial charge in [0.1, 0.15) is 18.4 Å². The molecule has 0 fully saturated rings. The van der Waals surface area contributed by atoms with Gasteiger partial charge in [-0.05, 0) is 81.4 Å². The van der Waals surface area contributed by atoms with Crippen LogP contribution < -0.4 is 15.0 Å². The van der Waals surface area contributed by atoms with E-state index in [1.165, 1.54) is 38.1 Å². The predicted octanol–water partition coefficient (Wildman–Crippen LogP) is 5.05. The fourth-order valence-electron chi connectivity index (χ4n) is 3.60. The Morgan fingerprint density at radius 2 is 1.52 bits per heavy atom. The zero-order valence-corrected chi connectivity index (χ0v) is 23.3. The van der Waals surface area contributed by atoms with Crippen molar-refractivity contribution < 1.29 is 33.9 Å². The number of nitro benzene ring substituents is 1. The number of esters is 1. The van der Waals surface area contributed by atoms with E-state index >= 15 is 0 Å². The van der Waals surface area contributed by atoms with Crippen LogP contribution in [0.4, 0.5) is 22.7 Å². The maximum absolute atomic E-state index is 12.4. The molecule has 0 saturated carbocycles. The number of ether oxygens (including phenoxy) is 2. The van der Waals surface area contributed by atoms with Gasteiger partial charge in [-0.2, -0.15) is 10.2 Å². The molecule has 3 aromatic carbocycles. The largest absolute Gasteiger partial charge is 0.492 e.